The van der Waals surface area contributed by atoms with Crippen LogP contribution in [0.15, 0.2) is 48.5 Å². The summed E-state index contributed by atoms with van der Waals surface area (Å²) < 4.78 is 37.6. The van der Waals surface area contributed by atoms with Gasteiger partial charge in [-0.05, 0) is 68.3 Å². The first-order chi connectivity index (χ1) is 14.8. The summed E-state index contributed by atoms with van der Waals surface area (Å²) in [6, 6.07) is 13.9. The quantitative estimate of drug-likeness (QED) is 0.707. The van der Waals surface area contributed by atoms with Gasteiger partial charge in [0.1, 0.15) is 17.6 Å². The molecule has 0 saturated carbocycles. The smallest absolute Gasteiger partial charge is 0.249 e. The highest BCUT2D eigenvalue weighted by atomic mass is 32.2. The Balaban J connectivity index is 1.50. The molecule has 9 heteroatoms. The van der Waals surface area contributed by atoms with Gasteiger partial charge < -0.3 is 14.8 Å². The summed E-state index contributed by atoms with van der Waals surface area (Å²) in [6.07, 6.45) is 1.08. The molecule has 0 bridgehead atoms. The van der Waals surface area contributed by atoms with E-state index in [1.165, 1.54) is 11.2 Å². The summed E-state index contributed by atoms with van der Waals surface area (Å²) in [4.78, 5) is 13.1. The molecule has 2 heterocycles. The lowest BCUT2D eigenvalue weighted by molar-refractivity contribution is -0.118. The molecule has 0 radical (unpaired) electrons. The third kappa shape index (κ3) is 4.21. The van der Waals surface area contributed by atoms with E-state index in [2.05, 4.69) is 5.32 Å². The van der Waals surface area contributed by atoms with Crippen molar-refractivity contribution < 1.29 is 22.7 Å². The third-order valence-corrected chi connectivity index (χ3v) is 9.45. The third-order valence-electron chi connectivity index (χ3n) is 5.74. The normalized spacial score (nSPS) is 23.0. The lowest BCUT2D eigenvalue weighted by atomic mass is 10.0. The van der Waals surface area contributed by atoms with E-state index in [0.717, 1.165) is 17.3 Å². The highest BCUT2D eigenvalue weighted by molar-refractivity contribution is 8.00. The number of rotatable bonds is 6. The zero-order chi connectivity index (χ0) is 22.1. The topological polar surface area (TPSA) is 84.9 Å². The van der Waals surface area contributed by atoms with Crippen LogP contribution in [0.5, 0.6) is 11.5 Å². The first-order valence-corrected chi connectivity index (χ1v) is 12.8. The molecule has 1 atom stereocenters. The van der Waals surface area contributed by atoms with Crippen LogP contribution in [0.4, 0.5) is 11.4 Å². The summed E-state index contributed by atoms with van der Waals surface area (Å²) >= 11 is 1.84. The first kappa shape index (κ1) is 21.8. The average molecular weight is 463 g/mol. The number of nitrogens with one attached hydrogen (secondary N) is 1. The van der Waals surface area contributed by atoms with Crippen molar-refractivity contribution in [1.82, 2.24) is 0 Å². The van der Waals surface area contributed by atoms with Gasteiger partial charge in [0.2, 0.25) is 15.9 Å². The van der Waals surface area contributed by atoms with E-state index in [9.17, 15) is 13.2 Å². The van der Waals surface area contributed by atoms with Gasteiger partial charge in [-0.1, -0.05) is 0 Å². The molecule has 0 aliphatic carbocycles. The van der Waals surface area contributed by atoms with Gasteiger partial charge >= 0.3 is 0 Å². The molecule has 4 rings (SSSR count). The van der Waals surface area contributed by atoms with E-state index in [4.69, 9.17) is 9.47 Å². The number of hydrogen-bond acceptors (Lipinski definition) is 6. The van der Waals surface area contributed by atoms with Crippen molar-refractivity contribution in [3.05, 3.63) is 48.5 Å². The van der Waals surface area contributed by atoms with E-state index < -0.39 is 20.7 Å². The SMILES string of the molecule is COc1ccc(N2CCC[C@](C)(C(=O)Nc3ccc(OC4CSC4)cc3)S2(=O)=O)cc1. The molecule has 0 unspecified atom stereocenters. The van der Waals surface area contributed by atoms with E-state index >= 15 is 0 Å². The number of carbonyl (C=O) groups excluding carboxylic acids is 1. The molecule has 1 N–H and O–H groups in total. The highest BCUT2D eigenvalue weighted by Crippen LogP contribution is 2.37. The van der Waals surface area contributed by atoms with Crippen LogP contribution < -0.4 is 19.1 Å². The van der Waals surface area contributed by atoms with Gasteiger partial charge in [0.05, 0.1) is 12.8 Å². The minimum Gasteiger partial charge on any atom is -0.497 e. The number of sulfonamides is 1. The predicted octanol–water partition coefficient (Wildman–Crippen LogP) is 3.52. The number of thioether (sulfide) groups is 1. The number of ether oxygens (including phenoxy) is 2. The fourth-order valence-corrected chi connectivity index (χ4v) is 6.16. The Morgan fingerprint density at radius 1 is 1.10 bits per heavy atom. The summed E-state index contributed by atoms with van der Waals surface area (Å²) in [5, 5.41) is 2.78. The number of methoxy groups -OCH3 is 1. The second-order valence-electron chi connectivity index (χ2n) is 7.87. The van der Waals surface area contributed by atoms with Crippen LogP contribution in [0.1, 0.15) is 19.8 Å². The molecule has 0 spiro atoms. The van der Waals surface area contributed by atoms with Gasteiger partial charge in [0.25, 0.3) is 0 Å². The van der Waals surface area contributed by atoms with Crippen LogP contribution in [0, 0.1) is 0 Å². The van der Waals surface area contributed by atoms with E-state index in [1.807, 2.05) is 11.8 Å². The number of carbonyl (C=O) groups is 1. The van der Waals surface area contributed by atoms with Crippen LogP contribution in [0.2, 0.25) is 0 Å². The standard InChI is InChI=1S/C22H26N2O5S2/c1-22(21(25)23-16-4-8-19(9-5-16)29-20-14-30-15-20)12-3-13-24(31(22,26)27)17-6-10-18(28-2)11-7-17/h4-11,20H,3,12-15H2,1-2H3,(H,23,25)/t22-/m1/s1. The molecule has 166 valence electrons. The first-order valence-electron chi connectivity index (χ1n) is 10.2. The zero-order valence-corrected chi connectivity index (χ0v) is 19.2. The molecule has 7 nitrogen and oxygen atoms in total. The van der Waals surface area contributed by atoms with Gasteiger partial charge in [-0.2, -0.15) is 11.8 Å². The van der Waals surface area contributed by atoms with Gasteiger partial charge in [-0.25, -0.2) is 8.42 Å². The Hall–Kier alpha value is -2.39. The largest absolute Gasteiger partial charge is 0.497 e. The van der Waals surface area contributed by atoms with Crippen molar-refractivity contribution in [3.8, 4) is 11.5 Å². The minimum absolute atomic E-state index is 0.237. The zero-order valence-electron chi connectivity index (χ0n) is 17.5. The van der Waals surface area contributed by atoms with Crippen molar-refractivity contribution in [2.45, 2.75) is 30.6 Å². The Kier molecular flexibility index (Phi) is 6.07. The maximum Gasteiger partial charge on any atom is 0.249 e. The van der Waals surface area contributed by atoms with E-state index in [1.54, 1.807) is 55.6 Å². The lowest BCUT2D eigenvalue weighted by Gasteiger charge is -2.39. The van der Waals surface area contributed by atoms with E-state index in [-0.39, 0.29) is 12.5 Å². The average Bonchev–Trinajstić information content (AvgIpc) is 2.74. The molecule has 31 heavy (non-hydrogen) atoms. The molecular weight excluding hydrogens is 436 g/mol. The second-order valence-corrected chi connectivity index (χ2v) is 11.2. The fourth-order valence-electron chi connectivity index (χ4n) is 3.65. The van der Waals surface area contributed by atoms with Crippen LogP contribution in [-0.4, -0.2) is 50.3 Å². The Bertz CT molecular complexity index is 1040. The molecule has 2 saturated heterocycles. The molecule has 2 aromatic rings. The van der Waals surface area contributed by atoms with Crippen LogP contribution in [0.25, 0.3) is 0 Å². The van der Waals surface area contributed by atoms with Crippen molar-refractivity contribution >= 4 is 39.1 Å². The molecule has 2 aliphatic rings. The molecule has 2 aliphatic heterocycles. The van der Waals surface area contributed by atoms with Crippen LogP contribution in [0.3, 0.4) is 0 Å². The number of anilines is 2. The van der Waals surface area contributed by atoms with Gasteiger partial charge in [-0.15, -0.1) is 0 Å². The summed E-state index contributed by atoms with van der Waals surface area (Å²) in [6.45, 7) is 1.84. The highest BCUT2D eigenvalue weighted by Gasteiger charge is 2.52. The van der Waals surface area contributed by atoms with E-state index in [0.29, 0.717) is 30.1 Å². The monoisotopic (exact) mass is 462 g/mol. The number of benzene rings is 2. The molecule has 1 amide bonds. The molecule has 2 fully saturated rings. The minimum atomic E-state index is -3.92. The van der Waals surface area contributed by atoms with Crippen molar-refractivity contribution in [2.75, 3.05) is 34.8 Å². The predicted molar refractivity (Wildman–Crippen MR) is 124 cm³/mol. The number of amides is 1. The van der Waals surface area contributed by atoms with Gasteiger partial charge in [-0.3, -0.25) is 9.10 Å². The maximum atomic E-state index is 13.4. The van der Waals surface area contributed by atoms with Gasteiger partial charge in [0, 0.05) is 23.7 Å². The second kappa shape index (κ2) is 8.63. The number of nitrogens with zero attached hydrogens (tertiary/aromatic N) is 1. The van der Waals surface area contributed by atoms with Crippen molar-refractivity contribution in [1.29, 1.82) is 0 Å². The summed E-state index contributed by atoms with van der Waals surface area (Å²) in [5.41, 5.74) is 1.06. The van der Waals surface area contributed by atoms with Crippen LogP contribution in [-0.2, 0) is 14.8 Å². The maximum absolute atomic E-state index is 13.4. The van der Waals surface area contributed by atoms with Crippen molar-refractivity contribution in [3.63, 3.8) is 0 Å². The van der Waals surface area contributed by atoms with Gasteiger partial charge in [0.15, 0.2) is 4.75 Å². The number of hydrogen-bond donors (Lipinski definition) is 1. The summed E-state index contributed by atoms with van der Waals surface area (Å²) in [5.74, 6) is 2.82. The Labute approximate surface area is 187 Å². The molecule has 0 aromatic heterocycles. The fraction of sp³-hybridized carbons (Fsp3) is 0.409. The molecular formula is C22H26N2O5S2. The summed E-state index contributed by atoms with van der Waals surface area (Å²) in [7, 11) is -2.37. The van der Waals surface area contributed by atoms with Crippen molar-refractivity contribution in [2.24, 2.45) is 0 Å². The lowest BCUT2D eigenvalue weighted by Crippen LogP contribution is -2.57. The Morgan fingerprint density at radius 2 is 1.74 bits per heavy atom. The molecule has 2 aromatic carbocycles. The Morgan fingerprint density at radius 3 is 2.32 bits per heavy atom. The van der Waals surface area contributed by atoms with Crippen LogP contribution >= 0.6 is 11.8 Å².